The van der Waals surface area contributed by atoms with Crippen LogP contribution in [0, 0.1) is 12.8 Å². The van der Waals surface area contributed by atoms with Gasteiger partial charge in [-0.15, -0.1) is 10.2 Å². The minimum atomic E-state index is -0.614. The first kappa shape index (κ1) is 25.0. The Morgan fingerprint density at radius 2 is 1.97 bits per heavy atom. The molecular weight excluding hydrogens is 440 g/mol. The number of hydrogen-bond donors (Lipinski definition) is 2. The molecule has 2 amide bonds. The van der Waals surface area contributed by atoms with Gasteiger partial charge in [-0.1, -0.05) is 43.3 Å². The Bertz CT molecular complexity index is 911. The van der Waals surface area contributed by atoms with Crippen LogP contribution < -0.4 is 10.6 Å². The Balaban J connectivity index is 1.98. The zero-order valence-corrected chi connectivity index (χ0v) is 20.2. The van der Waals surface area contributed by atoms with E-state index in [1.165, 1.54) is 0 Å². The number of hydrogen-bond acceptors (Lipinski definition) is 7. The Morgan fingerprint density at radius 3 is 2.61 bits per heavy atom. The van der Waals surface area contributed by atoms with Crippen molar-refractivity contribution in [3.63, 3.8) is 0 Å². The number of thioether (sulfide) groups is 1. The number of carbonyl (C=O) groups excluding carboxylic acids is 2. The molecule has 0 spiro atoms. The molecule has 170 valence electrons. The molecule has 0 aliphatic carbocycles. The number of aromatic nitrogens is 2. The Hall–Kier alpha value is -2.26. The van der Waals surface area contributed by atoms with Crippen LogP contribution in [0.4, 0.5) is 10.5 Å². The van der Waals surface area contributed by atoms with Gasteiger partial charge in [-0.05, 0) is 57.7 Å². The van der Waals surface area contributed by atoms with Crippen molar-refractivity contribution in [1.82, 2.24) is 15.5 Å². The molecule has 0 radical (unpaired) electrons. The van der Waals surface area contributed by atoms with E-state index >= 15 is 0 Å². The van der Waals surface area contributed by atoms with E-state index in [0.29, 0.717) is 17.1 Å². The summed E-state index contributed by atoms with van der Waals surface area (Å²) in [5.74, 6) is 0.408. The fourth-order valence-corrected chi connectivity index (χ4v) is 3.36. The lowest BCUT2D eigenvalue weighted by molar-refractivity contribution is -0.113. The normalized spacial score (nSPS) is 12.5. The van der Waals surface area contributed by atoms with Crippen LogP contribution in [0.2, 0.25) is 5.02 Å². The zero-order valence-electron chi connectivity index (χ0n) is 18.6. The van der Waals surface area contributed by atoms with E-state index in [1.807, 2.05) is 20.8 Å². The van der Waals surface area contributed by atoms with Gasteiger partial charge in [0.1, 0.15) is 11.6 Å². The van der Waals surface area contributed by atoms with Gasteiger partial charge in [0.25, 0.3) is 5.22 Å². The summed E-state index contributed by atoms with van der Waals surface area (Å²) in [4.78, 5) is 24.5. The van der Waals surface area contributed by atoms with E-state index < -0.39 is 17.7 Å². The van der Waals surface area contributed by atoms with Crippen molar-refractivity contribution in [2.45, 2.75) is 64.8 Å². The van der Waals surface area contributed by atoms with E-state index in [-0.39, 0.29) is 28.7 Å². The van der Waals surface area contributed by atoms with Gasteiger partial charge >= 0.3 is 6.09 Å². The van der Waals surface area contributed by atoms with Crippen LogP contribution in [0.1, 0.15) is 58.5 Å². The van der Waals surface area contributed by atoms with Crippen molar-refractivity contribution >= 4 is 41.1 Å². The maximum absolute atomic E-state index is 12.3. The number of ether oxygens (including phenoxy) is 1. The molecule has 31 heavy (non-hydrogen) atoms. The minimum absolute atomic E-state index is 0.0852. The number of anilines is 1. The van der Waals surface area contributed by atoms with Crippen LogP contribution in [-0.4, -0.2) is 33.6 Å². The van der Waals surface area contributed by atoms with Crippen molar-refractivity contribution < 1.29 is 18.7 Å². The van der Waals surface area contributed by atoms with Gasteiger partial charge in [-0.25, -0.2) is 4.79 Å². The molecule has 1 aromatic heterocycles. The van der Waals surface area contributed by atoms with Gasteiger partial charge in [0, 0.05) is 10.7 Å². The third-order valence-corrected chi connectivity index (χ3v) is 5.21. The van der Waals surface area contributed by atoms with Crippen molar-refractivity contribution in [1.29, 1.82) is 0 Å². The lowest BCUT2D eigenvalue weighted by Crippen LogP contribution is -2.35. The van der Waals surface area contributed by atoms with Gasteiger partial charge in [0.2, 0.25) is 11.8 Å². The van der Waals surface area contributed by atoms with Crippen molar-refractivity contribution in [3.05, 3.63) is 34.7 Å². The summed E-state index contributed by atoms with van der Waals surface area (Å²) in [5, 5.41) is 14.5. The maximum atomic E-state index is 12.3. The van der Waals surface area contributed by atoms with E-state index in [1.54, 1.807) is 39.0 Å². The van der Waals surface area contributed by atoms with Gasteiger partial charge in [0.15, 0.2) is 0 Å². The minimum Gasteiger partial charge on any atom is -0.444 e. The van der Waals surface area contributed by atoms with Gasteiger partial charge in [0.05, 0.1) is 5.75 Å². The quantitative estimate of drug-likeness (QED) is 0.501. The molecule has 0 aliphatic rings. The number of carbonyl (C=O) groups is 2. The summed E-state index contributed by atoms with van der Waals surface area (Å²) in [7, 11) is 0. The van der Waals surface area contributed by atoms with Gasteiger partial charge in [-0.3, -0.25) is 4.79 Å². The summed E-state index contributed by atoms with van der Waals surface area (Å²) in [6.45, 7) is 11.3. The lowest BCUT2D eigenvalue weighted by Gasteiger charge is -2.22. The topological polar surface area (TPSA) is 106 Å². The standard InChI is InChI=1S/C21H29ClN4O4S/c1-12(2)10-16(24-19(28)30-21(4,5)6)18-25-26-20(29-18)31-11-17(27)23-15-9-7-8-14(22)13(15)3/h7-9,12,16H,10-11H2,1-6H3,(H,23,27)(H,24,28)/t16-/m0/s1. The van der Waals surface area contributed by atoms with Crippen LogP contribution in [0.5, 0.6) is 0 Å². The van der Waals surface area contributed by atoms with Crippen molar-refractivity contribution in [2.75, 3.05) is 11.1 Å². The molecule has 2 N–H and O–H groups in total. The van der Waals surface area contributed by atoms with Crippen molar-refractivity contribution in [2.24, 2.45) is 5.92 Å². The number of nitrogens with zero attached hydrogens (tertiary/aromatic N) is 2. The highest BCUT2D eigenvalue weighted by Gasteiger charge is 2.25. The zero-order chi connectivity index (χ0) is 23.2. The summed E-state index contributed by atoms with van der Waals surface area (Å²) < 4.78 is 11.0. The smallest absolute Gasteiger partial charge is 0.408 e. The second kappa shape index (κ2) is 10.9. The monoisotopic (exact) mass is 468 g/mol. The predicted molar refractivity (Wildman–Crippen MR) is 121 cm³/mol. The third-order valence-electron chi connectivity index (χ3n) is 3.99. The van der Waals surface area contributed by atoms with Gasteiger partial charge < -0.3 is 19.8 Å². The van der Waals surface area contributed by atoms with E-state index in [0.717, 1.165) is 17.3 Å². The molecule has 0 saturated heterocycles. The highest BCUT2D eigenvalue weighted by Crippen LogP contribution is 2.26. The first-order valence-electron chi connectivity index (χ1n) is 9.95. The summed E-state index contributed by atoms with van der Waals surface area (Å²) in [6.07, 6.45) is 0.0434. The molecule has 1 heterocycles. The number of rotatable bonds is 8. The Kier molecular flexibility index (Phi) is 8.76. The summed E-state index contributed by atoms with van der Waals surface area (Å²) >= 11 is 7.20. The molecule has 0 fully saturated rings. The number of halogens is 1. The number of amides is 2. The van der Waals surface area contributed by atoms with Gasteiger partial charge in [-0.2, -0.15) is 0 Å². The first-order valence-corrected chi connectivity index (χ1v) is 11.3. The molecule has 8 nitrogen and oxygen atoms in total. The Morgan fingerprint density at radius 1 is 1.26 bits per heavy atom. The van der Waals surface area contributed by atoms with Crippen LogP contribution in [-0.2, 0) is 9.53 Å². The van der Waals surface area contributed by atoms with E-state index in [2.05, 4.69) is 20.8 Å². The van der Waals surface area contributed by atoms with Crippen LogP contribution in [0.3, 0.4) is 0 Å². The van der Waals surface area contributed by atoms with Crippen LogP contribution in [0.15, 0.2) is 27.8 Å². The fourth-order valence-electron chi connectivity index (χ4n) is 2.62. The molecule has 0 saturated carbocycles. The second-order valence-corrected chi connectivity index (χ2v) is 9.82. The second-order valence-electron chi connectivity index (χ2n) is 8.48. The van der Waals surface area contributed by atoms with E-state index in [4.69, 9.17) is 20.8 Å². The number of alkyl carbamates (subject to hydrolysis) is 1. The lowest BCUT2D eigenvalue weighted by atomic mass is 10.0. The molecular formula is C21H29ClN4O4S. The molecule has 10 heteroatoms. The highest BCUT2D eigenvalue weighted by atomic mass is 35.5. The fraction of sp³-hybridized carbons (Fsp3) is 0.524. The van der Waals surface area contributed by atoms with Crippen molar-refractivity contribution in [3.8, 4) is 0 Å². The molecule has 0 bridgehead atoms. The average molecular weight is 469 g/mol. The summed E-state index contributed by atoms with van der Waals surface area (Å²) in [5.41, 5.74) is 0.840. The maximum Gasteiger partial charge on any atom is 0.408 e. The predicted octanol–water partition coefficient (Wildman–Crippen LogP) is 5.37. The largest absolute Gasteiger partial charge is 0.444 e. The molecule has 2 aromatic rings. The third kappa shape index (κ3) is 8.41. The number of nitrogens with one attached hydrogen (secondary N) is 2. The molecule has 0 unspecified atom stereocenters. The van der Waals surface area contributed by atoms with E-state index in [9.17, 15) is 9.59 Å². The summed E-state index contributed by atoms with van der Waals surface area (Å²) in [6, 6.07) is 4.84. The van der Waals surface area contributed by atoms with Crippen LogP contribution in [0.25, 0.3) is 0 Å². The molecule has 2 rings (SSSR count). The highest BCUT2D eigenvalue weighted by molar-refractivity contribution is 7.99. The average Bonchev–Trinajstić information content (AvgIpc) is 3.10. The van der Waals surface area contributed by atoms with Crippen LogP contribution >= 0.6 is 23.4 Å². The first-order chi connectivity index (χ1) is 14.4. The molecule has 1 atom stereocenters. The molecule has 1 aromatic carbocycles. The molecule has 0 aliphatic heterocycles. The SMILES string of the molecule is Cc1c(Cl)cccc1NC(=O)CSc1nnc([C@H](CC(C)C)NC(=O)OC(C)(C)C)o1. The Labute approximate surface area is 191 Å². The number of benzene rings is 1.